The number of aliphatic hydroxyl groups is 1. The highest BCUT2D eigenvalue weighted by Gasteiger charge is 2.23. The van der Waals surface area contributed by atoms with Gasteiger partial charge in [0.2, 0.25) is 0 Å². The number of hydrogen-bond acceptors (Lipinski definition) is 3. The van der Waals surface area contributed by atoms with Gasteiger partial charge in [-0.25, -0.2) is 4.98 Å². The third-order valence-electron chi connectivity index (χ3n) is 3.04. The van der Waals surface area contributed by atoms with E-state index in [1.54, 1.807) is 17.0 Å². The molecule has 0 bridgehead atoms. The molecule has 1 N–H and O–H groups in total. The van der Waals surface area contributed by atoms with Crippen LogP contribution >= 0.6 is 11.6 Å². The van der Waals surface area contributed by atoms with Gasteiger partial charge >= 0.3 is 0 Å². The van der Waals surface area contributed by atoms with Crippen LogP contribution in [0.15, 0.2) is 18.3 Å². The number of likely N-dealkylation sites (tertiary alicyclic amines) is 1. The molecule has 2 heterocycles. The maximum atomic E-state index is 12.1. The Morgan fingerprint density at radius 2 is 2.41 bits per heavy atom. The van der Waals surface area contributed by atoms with E-state index in [4.69, 9.17) is 16.7 Å². The minimum Gasteiger partial charge on any atom is -0.396 e. The average molecular weight is 255 g/mol. The number of rotatable bonds is 2. The van der Waals surface area contributed by atoms with E-state index in [0.717, 1.165) is 19.4 Å². The van der Waals surface area contributed by atoms with E-state index in [-0.39, 0.29) is 18.4 Å². The Morgan fingerprint density at radius 1 is 1.59 bits per heavy atom. The molecule has 4 nitrogen and oxygen atoms in total. The zero-order valence-corrected chi connectivity index (χ0v) is 10.2. The lowest BCUT2D eigenvalue weighted by Gasteiger charge is -2.31. The second kappa shape index (κ2) is 5.47. The molecule has 1 aromatic rings. The molecule has 0 aliphatic carbocycles. The number of nitrogens with zero attached hydrogens (tertiary/aromatic N) is 2. The predicted octanol–water partition coefficient (Wildman–Crippen LogP) is 1.58. The van der Waals surface area contributed by atoms with E-state index >= 15 is 0 Å². The molecule has 0 aromatic carbocycles. The average Bonchev–Trinajstić information content (AvgIpc) is 2.39. The lowest BCUT2D eigenvalue weighted by atomic mass is 9.98. The largest absolute Gasteiger partial charge is 0.396 e. The molecule has 1 aliphatic rings. The van der Waals surface area contributed by atoms with Gasteiger partial charge in [0.15, 0.2) is 0 Å². The monoisotopic (exact) mass is 254 g/mol. The Morgan fingerprint density at radius 3 is 3.06 bits per heavy atom. The van der Waals surface area contributed by atoms with Gasteiger partial charge in [0, 0.05) is 25.9 Å². The first-order valence-corrected chi connectivity index (χ1v) is 6.10. The van der Waals surface area contributed by atoms with Crippen LogP contribution in [-0.4, -0.2) is 40.6 Å². The number of pyridine rings is 1. The first kappa shape index (κ1) is 12.3. The molecule has 1 aromatic heterocycles. The molecule has 1 aliphatic heterocycles. The van der Waals surface area contributed by atoms with Gasteiger partial charge in [-0.2, -0.15) is 0 Å². The summed E-state index contributed by atoms with van der Waals surface area (Å²) in [5, 5.41) is 9.51. The summed E-state index contributed by atoms with van der Waals surface area (Å²) in [6.07, 6.45) is 3.42. The van der Waals surface area contributed by atoms with E-state index in [0.29, 0.717) is 17.3 Å². The number of halogens is 1. The lowest BCUT2D eigenvalue weighted by molar-refractivity contribution is 0.0620. The van der Waals surface area contributed by atoms with Crippen molar-refractivity contribution >= 4 is 17.5 Å². The second-order valence-corrected chi connectivity index (χ2v) is 4.70. The van der Waals surface area contributed by atoms with Crippen LogP contribution in [0.1, 0.15) is 23.2 Å². The van der Waals surface area contributed by atoms with Crippen LogP contribution < -0.4 is 0 Å². The van der Waals surface area contributed by atoms with Crippen molar-refractivity contribution in [3.8, 4) is 0 Å². The number of amides is 1. The summed E-state index contributed by atoms with van der Waals surface area (Å²) in [7, 11) is 0. The second-order valence-electron chi connectivity index (χ2n) is 4.31. The van der Waals surface area contributed by atoms with Crippen molar-refractivity contribution in [2.24, 2.45) is 5.92 Å². The highest BCUT2D eigenvalue weighted by atomic mass is 35.5. The molecule has 0 radical (unpaired) electrons. The van der Waals surface area contributed by atoms with Crippen molar-refractivity contribution in [3.05, 3.63) is 29.0 Å². The summed E-state index contributed by atoms with van der Waals surface area (Å²) in [6.45, 7) is 1.51. The Hall–Kier alpha value is -1.13. The summed E-state index contributed by atoms with van der Waals surface area (Å²) in [6, 6.07) is 3.29. The number of carbonyl (C=O) groups excluding carboxylic acids is 1. The smallest absolute Gasteiger partial charge is 0.255 e. The molecule has 92 valence electrons. The van der Waals surface area contributed by atoms with E-state index < -0.39 is 0 Å². The van der Waals surface area contributed by atoms with Crippen molar-refractivity contribution in [2.45, 2.75) is 12.8 Å². The van der Waals surface area contributed by atoms with E-state index in [2.05, 4.69) is 4.98 Å². The minimum absolute atomic E-state index is 0.0349. The molecule has 1 amide bonds. The van der Waals surface area contributed by atoms with Gasteiger partial charge in [-0.15, -0.1) is 0 Å². The number of hydrogen-bond donors (Lipinski definition) is 1. The Labute approximate surface area is 105 Å². The highest BCUT2D eigenvalue weighted by molar-refractivity contribution is 6.29. The minimum atomic E-state index is -0.0349. The molecule has 2 rings (SSSR count). The van der Waals surface area contributed by atoms with Gasteiger partial charge in [0.25, 0.3) is 5.91 Å². The number of piperidine rings is 1. The Balaban J connectivity index is 2.06. The SMILES string of the molecule is O=C(c1ccc(Cl)nc1)N1CCC[C@H](CO)C1. The molecule has 0 unspecified atom stereocenters. The number of aromatic nitrogens is 1. The van der Waals surface area contributed by atoms with Crippen LogP contribution in [0.3, 0.4) is 0 Å². The van der Waals surface area contributed by atoms with E-state index in [9.17, 15) is 4.79 Å². The summed E-state index contributed by atoms with van der Waals surface area (Å²) < 4.78 is 0. The van der Waals surface area contributed by atoms with Crippen molar-refractivity contribution in [3.63, 3.8) is 0 Å². The zero-order chi connectivity index (χ0) is 12.3. The van der Waals surface area contributed by atoms with Gasteiger partial charge in [0.05, 0.1) is 5.56 Å². The molecule has 5 heteroatoms. The third kappa shape index (κ3) is 2.96. The summed E-state index contributed by atoms with van der Waals surface area (Å²) >= 11 is 5.68. The standard InChI is InChI=1S/C12H15ClN2O2/c13-11-4-3-10(6-14-11)12(17)15-5-1-2-9(7-15)8-16/h3-4,6,9,16H,1-2,5,7-8H2/t9-/m0/s1. The van der Waals surface area contributed by atoms with Crippen LogP contribution in [0.2, 0.25) is 5.15 Å². The fourth-order valence-electron chi connectivity index (χ4n) is 2.08. The van der Waals surface area contributed by atoms with Gasteiger partial charge in [-0.1, -0.05) is 11.6 Å². The van der Waals surface area contributed by atoms with Gasteiger partial charge < -0.3 is 10.0 Å². The van der Waals surface area contributed by atoms with Crippen LogP contribution in [0, 0.1) is 5.92 Å². The van der Waals surface area contributed by atoms with E-state index in [1.165, 1.54) is 6.20 Å². The Kier molecular flexibility index (Phi) is 3.97. The van der Waals surface area contributed by atoms with Crippen LogP contribution in [0.5, 0.6) is 0 Å². The topological polar surface area (TPSA) is 53.4 Å². The molecule has 1 atom stereocenters. The third-order valence-corrected chi connectivity index (χ3v) is 3.26. The van der Waals surface area contributed by atoms with Gasteiger partial charge in [-0.05, 0) is 30.9 Å². The molecule has 1 saturated heterocycles. The molecular weight excluding hydrogens is 240 g/mol. The highest BCUT2D eigenvalue weighted by Crippen LogP contribution is 2.18. The van der Waals surface area contributed by atoms with Crippen molar-refractivity contribution in [2.75, 3.05) is 19.7 Å². The maximum absolute atomic E-state index is 12.1. The summed E-state index contributed by atoms with van der Waals surface area (Å²) in [4.78, 5) is 17.8. The normalized spacial score (nSPS) is 20.4. The van der Waals surface area contributed by atoms with Crippen molar-refractivity contribution < 1.29 is 9.90 Å². The molecule has 0 saturated carbocycles. The van der Waals surface area contributed by atoms with Crippen LogP contribution in [0.4, 0.5) is 0 Å². The number of aliphatic hydroxyl groups excluding tert-OH is 1. The van der Waals surface area contributed by atoms with Crippen LogP contribution in [-0.2, 0) is 0 Å². The predicted molar refractivity (Wildman–Crippen MR) is 65.0 cm³/mol. The zero-order valence-electron chi connectivity index (χ0n) is 9.47. The van der Waals surface area contributed by atoms with Gasteiger partial charge in [0.1, 0.15) is 5.15 Å². The first-order valence-electron chi connectivity index (χ1n) is 5.72. The summed E-state index contributed by atoms with van der Waals surface area (Å²) in [5.74, 6) is 0.167. The quantitative estimate of drug-likeness (QED) is 0.816. The molecule has 1 fully saturated rings. The van der Waals surface area contributed by atoms with E-state index in [1.807, 2.05) is 0 Å². The fourth-order valence-corrected chi connectivity index (χ4v) is 2.20. The van der Waals surface area contributed by atoms with Crippen LogP contribution in [0.25, 0.3) is 0 Å². The van der Waals surface area contributed by atoms with Gasteiger partial charge in [-0.3, -0.25) is 4.79 Å². The van der Waals surface area contributed by atoms with Crippen molar-refractivity contribution in [1.82, 2.24) is 9.88 Å². The molecular formula is C12H15ClN2O2. The van der Waals surface area contributed by atoms with Crippen molar-refractivity contribution in [1.29, 1.82) is 0 Å². The molecule has 17 heavy (non-hydrogen) atoms. The molecule has 0 spiro atoms. The fraction of sp³-hybridized carbons (Fsp3) is 0.500. The summed E-state index contributed by atoms with van der Waals surface area (Å²) in [5.41, 5.74) is 0.549. The maximum Gasteiger partial charge on any atom is 0.255 e. The number of carbonyl (C=O) groups is 1. The lowest BCUT2D eigenvalue weighted by Crippen LogP contribution is -2.40. The Bertz CT molecular complexity index is 394. The first-order chi connectivity index (χ1) is 8.20.